The summed E-state index contributed by atoms with van der Waals surface area (Å²) >= 11 is 1.40. The van der Waals surface area contributed by atoms with Crippen LogP contribution in [0.4, 0.5) is 0 Å². The molecule has 4 N–H and O–H groups in total. The molecule has 0 heterocycles. The first-order chi connectivity index (χ1) is 14.6. The number of carbonyl (C=O) groups excluding carboxylic acids is 2. The average molecular weight is 455 g/mol. The van der Waals surface area contributed by atoms with Gasteiger partial charge >= 0.3 is 5.97 Å². The number of thioether (sulfide) groups is 1. The molecule has 0 aromatic carbocycles. The maximum absolute atomic E-state index is 12.1. The summed E-state index contributed by atoms with van der Waals surface area (Å²) in [5.74, 6) is -1.52. The summed E-state index contributed by atoms with van der Waals surface area (Å²) < 4.78 is 0. The molecule has 0 aromatic rings. The van der Waals surface area contributed by atoms with Crippen molar-refractivity contribution >= 4 is 29.5 Å². The van der Waals surface area contributed by atoms with E-state index in [-0.39, 0.29) is 5.75 Å². The van der Waals surface area contributed by atoms with Crippen LogP contribution in [0.3, 0.4) is 0 Å². The minimum absolute atomic E-state index is 0.187. The van der Waals surface area contributed by atoms with E-state index in [9.17, 15) is 24.6 Å². The Morgan fingerprint density at radius 2 is 1.45 bits per heavy atom. The summed E-state index contributed by atoms with van der Waals surface area (Å²) in [5, 5.41) is 23.2. The number of amides is 2. The van der Waals surface area contributed by atoms with E-state index >= 15 is 0 Å². The van der Waals surface area contributed by atoms with Crippen LogP contribution >= 0.6 is 11.8 Å². The van der Waals surface area contributed by atoms with Gasteiger partial charge in [0.1, 0.15) is 12.1 Å². The van der Waals surface area contributed by atoms with Gasteiger partial charge in [0.15, 0.2) is 0 Å². The Morgan fingerprint density at radius 3 is 1.97 bits per heavy atom. The SMILES string of the molecule is CC(=O)N[C@H](CO)C(=O)N[C@@H](CSC/C=C(\C)CC/C=C(\C)CCC=C(C)C)C(=O)O. The van der Waals surface area contributed by atoms with Crippen molar-refractivity contribution in [2.24, 2.45) is 0 Å². The number of rotatable bonds is 15. The van der Waals surface area contributed by atoms with Crippen LogP contribution < -0.4 is 10.6 Å². The maximum Gasteiger partial charge on any atom is 0.327 e. The Labute approximate surface area is 190 Å². The molecule has 0 saturated carbocycles. The Hall–Kier alpha value is -2.06. The first-order valence-corrected chi connectivity index (χ1v) is 11.7. The Morgan fingerprint density at radius 1 is 0.871 bits per heavy atom. The van der Waals surface area contributed by atoms with Crippen molar-refractivity contribution in [2.75, 3.05) is 18.1 Å². The van der Waals surface area contributed by atoms with Crippen LogP contribution in [0.25, 0.3) is 0 Å². The third-order valence-electron chi connectivity index (χ3n) is 4.45. The molecule has 31 heavy (non-hydrogen) atoms. The minimum atomic E-state index is -1.16. The molecule has 2 atom stereocenters. The van der Waals surface area contributed by atoms with E-state index in [0.29, 0.717) is 5.75 Å². The van der Waals surface area contributed by atoms with Crippen molar-refractivity contribution < 1.29 is 24.6 Å². The van der Waals surface area contributed by atoms with Gasteiger partial charge < -0.3 is 20.8 Å². The van der Waals surface area contributed by atoms with Gasteiger partial charge in [-0.15, -0.1) is 0 Å². The Balaban J connectivity index is 4.40. The van der Waals surface area contributed by atoms with Crippen molar-refractivity contribution in [3.05, 3.63) is 34.9 Å². The van der Waals surface area contributed by atoms with Crippen molar-refractivity contribution in [3.8, 4) is 0 Å². The van der Waals surface area contributed by atoms with Crippen LogP contribution in [-0.4, -0.2) is 58.2 Å². The zero-order valence-electron chi connectivity index (χ0n) is 19.4. The fraction of sp³-hybridized carbons (Fsp3) is 0.609. The minimum Gasteiger partial charge on any atom is -0.480 e. The Bertz CT molecular complexity index is 681. The van der Waals surface area contributed by atoms with Crippen LogP contribution in [0.15, 0.2) is 34.9 Å². The molecular weight excluding hydrogens is 416 g/mol. The Kier molecular flexibility index (Phi) is 15.5. The molecule has 0 aliphatic heterocycles. The molecule has 0 bridgehead atoms. The van der Waals surface area contributed by atoms with Crippen molar-refractivity contribution in [3.63, 3.8) is 0 Å². The number of hydrogen-bond acceptors (Lipinski definition) is 5. The van der Waals surface area contributed by atoms with Crippen molar-refractivity contribution in [1.82, 2.24) is 10.6 Å². The molecule has 0 spiro atoms. The van der Waals surface area contributed by atoms with E-state index in [1.165, 1.54) is 35.4 Å². The van der Waals surface area contributed by atoms with Gasteiger partial charge in [-0.1, -0.05) is 34.9 Å². The number of aliphatic hydroxyl groups excluding tert-OH is 1. The van der Waals surface area contributed by atoms with E-state index in [4.69, 9.17) is 0 Å². The normalized spacial score (nSPS) is 13.9. The fourth-order valence-corrected chi connectivity index (χ4v) is 3.61. The molecule has 0 saturated heterocycles. The summed E-state index contributed by atoms with van der Waals surface area (Å²) in [6, 6.07) is -2.26. The second-order valence-electron chi connectivity index (χ2n) is 7.83. The van der Waals surface area contributed by atoms with Crippen LogP contribution in [0.2, 0.25) is 0 Å². The number of hydrogen-bond donors (Lipinski definition) is 4. The number of nitrogens with one attached hydrogen (secondary N) is 2. The average Bonchev–Trinajstić information content (AvgIpc) is 2.67. The molecule has 2 amide bonds. The van der Waals surface area contributed by atoms with E-state index in [2.05, 4.69) is 56.6 Å². The van der Waals surface area contributed by atoms with Gasteiger partial charge in [0.2, 0.25) is 11.8 Å². The highest BCUT2D eigenvalue weighted by molar-refractivity contribution is 7.99. The molecule has 0 aromatic heterocycles. The molecule has 0 unspecified atom stereocenters. The topological polar surface area (TPSA) is 116 Å². The number of carbonyl (C=O) groups is 3. The van der Waals surface area contributed by atoms with Gasteiger partial charge in [0.25, 0.3) is 0 Å². The summed E-state index contributed by atoms with van der Waals surface area (Å²) in [6.45, 7) is 9.04. The summed E-state index contributed by atoms with van der Waals surface area (Å²) in [5.41, 5.74) is 3.97. The predicted molar refractivity (Wildman–Crippen MR) is 127 cm³/mol. The highest BCUT2D eigenvalue weighted by Gasteiger charge is 2.25. The van der Waals surface area contributed by atoms with Crippen LogP contribution in [0.1, 0.15) is 60.3 Å². The van der Waals surface area contributed by atoms with Crippen LogP contribution in [0.5, 0.6) is 0 Å². The first kappa shape index (κ1) is 28.9. The molecule has 0 aliphatic rings. The highest BCUT2D eigenvalue weighted by Crippen LogP contribution is 2.13. The number of allylic oxidation sites excluding steroid dienone is 5. The standard InChI is InChI=1S/C23H38N2O5S/c1-16(2)8-6-9-17(3)10-7-11-18(4)12-13-31-15-21(23(29)30)25-22(28)20(14-26)24-19(5)27/h8,10,12,20-21,26H,6-7,9,11,13-15H2,1-5H3,(H,24,27)(H,25,28)(H,29,30)/b17-10+,18-12+/t20-,21+/m1/s1. The molecule has 8 heteroatoms. The zero-order valence-corrected chi connectivity index (χ0v) is 20.2. The van der Waals surface area contributed by atoms with Crippen LogP contribution in [0, 0.1) is 0 Å². The number of carboxylic acids is 1. The van der Waals surface area contributed by atoms with E-state index in [1.807, 2.05) is 0 Å². The number of aliphatic carboxylic acids is 1. The fourth-order valence-electron chi connectivity index (χ4n) is 2.61. The second-order valence-corrected chi connectivity index (χ2v) is 8.91. The van der Waals surface area contributed by atoms with Gasteiger partial charge in [-0.3, -0.25) is 9.59 Å². The molecule has 0 radical (unpaired) electrons. The van der Waals surface area contributed by atoms with Crippen molar-refractivity contribution in [2.45, 2.75) is 72.4 Å². The summed E-state index contributed by atoms with van der Waals surface area (Å²) in [7, 11) is 0. The zero-order chi connectivity index (χ0) is 23.8. The van der Waals surface area contributed by atoms with Gasteiger partial charge in [-0.25, -0.2) is 4.79 Å². The van der Waals surface area contributed by atoms with E-state index in [1.54, 1.807) is 0 Å². The van der Waals surface area contributed by atoms with Gasteiger partial charge in [0.05, 0.1) is 6.61 Å². The number of carboxylic acid groups (broad SMARTS) is 1. The molecule has 0 fully saturated rings. The van der Waals surface area contributed by atoms with Crippen molar-refractivity contribution in [1.29, 1.82) is 0 Å². The molecular formula is C23H38N2O5S. The summed E-state index contributed by atoms with van der Waals surface area (Å²) in [6.07, 6.45) is 10.7. The first-order valence-electron chi connectivity index (χ1n) is 10.5. The molecule has 0 aliphatic carbocycles. The lowest BCUT2D eigenvalue weighted by Gasteiger charge is -2.19. The van der Waals surface area contributed by atoms with E-state index < -0.39 is 36.5 Å². The molecule has 176 valence electrons. The summed E-state index contributed by atoms with van der Waals surface area (Å²) in [4.78, 5) is 34.5. The number of aliphatic hydroxyl groups is 1. The highest BCUT2D eigenvalue weighted by atomic mass is 32.2. The maximum atomic E-state index is 12.1. The van der Waals surface area contributed by atoms with Gasteiger partial charge in [-0.2, -0.15) is 11.8 Å². The van der Waals surface area contributed by atoms with Gasteiger partial charge in [0, 0.05) is 18.4 Å². The smallest absolute Gasteiger partial charge is 0.327 e. The van der Waals surface area contributed by atoms with Crippen LogP contribution in [-0.2, 0) is 14.4 Å². The third-order valence-corrected chi connectivity index (χ3v) is 5.42. The quantitative estimate of drug-likeness (QED) is 0.223. The molecule has 7 nitrogen and oxygen atoms in total. The monoisotopic (exact) mass is 454 g/mol. The third kappa shape index (κ3) is 15.4. The van der Waals surface area contributed by atoms with E-state index in [0.717, 1.165) is 25.7 Å². The lowest BCUT2D eigenvalue weighted by atomic mass is 10.1. The lowest BCUT2D eigenvalue weighted by molar-refractivity contribution is -0.141. The molecule has 0 rings (SSSR count). The van der Waals surface area contributed by atoms with Gasteiger partial charge in [-0.05, 0) is 53.4 Å². The lowest BCUT2D eigenvalue weighted by Crippen LogP contribution is -2.53. The largest absolute Gasteiger partial charge is 0.480 e. The predicted octanol–water partition coefficient (Wildman–Crippen LogP) is 3.21. The second kappa shape index (κ2) is 16.6.